The number of aliphatic carboxylic acids is 1. The van der Waals surface area contributed by atoms with E-state index in [-0.39, 0.29) is 12.6 Å². The number of urea groups is 1. The molecule has 1 aromatic heterocycles. The van der Waals surface area contributed by atoms with Crippen LogP contribution in [0.1, 0.15) is 31.5 Å². The minimum absolute atomic E-state index is 0.177. The van der Waals surface area contributed by atoms with E-state index in [9.17, 15) is 14.7 Å². The van der Waals surface area contributed by atoms with Gasteiger partial charge in [-0.05, 0) is 12.8 Å². The van der Waals surface area contributed by atoms with Gasteiger partial charge in [0.25, 0.3) is 0 Å². The van der Waals surface area contributed by atoms with Gasteiger partial charge in [-0.1, -0.05) is 12.8 Å². The number of rotatable bonds is 6. The summed E-state index contributed by atoms with van der Waals surface area (Å²) in [5, 5.41) is 21.0. The van der Waals surface area contributed by atoms with E-state index in [1.54, 1.807) is 0 Å². The van der Waals surface area contributed by atoms with Crippen molar-refractivity contribution in [3.63, 3.8) is 0 Å². The summed E-state index contributed by atoms with van der Waals surface area (Å²) in [6.45, 7) is 0.595. The highest BCUT2D eigenvalue weighted by molar-refractivity contribution is 5.78. The lowest BCUT2D eigenvalue weighted by molar-refractivity contribution is -0.148. The number of carboxylic acid groups (broad SMARTS) is 1. The molecule has 0 aromatic carbocycles. The highest BCUT2D eigenvalue weighted by Gasteiger charge is 2.41. The normalized spacial score (nSPS) is 16.8. The Morgan fingerprint density at radius 3 is 2.70 bits per heavy atom. The molecule has 1 aliphatic carbocycles. The van der Waals surface area contributed by atoms with Crippen molar-refractivity contribution in [1.82, 2.24) is 25.8 Å². The molecule has 1 aromatic rings. The minimum Gasteiger partial charge on any atom is -0.481 e. The predicted molar refractivity (Wildman–Crippen MR) is 70.0 cm³/mol. The topological polar surface area (TPSA) is 120 Å². The van der Waals surface area contributed by atoms with Crippen molar-refractivity contribution in [3.8, 4) is 0 Å². The number of carbonyl (C=O) groups is 2. The summed E-state index contributed by atoms with van der Waals surface area (Å²) in [5.41, 5.74) is -0.789. The molecule has 4 N–H and O–H groups in total. The van der Waals surface area contributed by atoms with Crippen LogP contribution in [0.4, 0.5) is 4.79 Å². The van der Waals surface area contributed by atoms with Crippen molar-refractivity contribution in [2.75, 3.05) is 13.1 Å². The van der Waals surface area contributed by atoms with Crippen molar-refractivity contribution in [1.29, 1.82) is 0 Å². The number of hydrogen-bond acceptors (Lipinski definition) is 4. The van der Waals surface area contributed by atoms with Crippen LogP contribution < -0.4 is 10.6 Å². The van der Waals surface area contributed by atoms with E-state index in [4.69, 9.17) is 0 Å². The summed E-state index contributed by atoms with van der Waals surface area (Å²) in [6.07, 6.45) is 5.02. The smallest absolute Gasteiger partial charge is 0.314 e. The van der Waals surface area contributed by atoms with E-state index in [0.29, 0.717) is 31.6 Å². The fraction of sp³-hybridized carbons (Fsp3) is 0.667. The van der Waals surface area contributed by atoms with Crippen LogP contribution in [0.15, 0.2) is 6.33 Å². The molecule has 1 saturated carbocycles. The molecule has 2 amide bonds. The monoisotopic (exact) mass is 281 g/mol. The van der Waals surface area contributed by atoms with Gasteiger partial charge >= 0.3 is 12.0 Å². The average molecular weight is 281 g/mol. The molecule has 0 unspecified atom stereocenters. The number of carboxylic acids is 1. The molecule has 0 saturated heterocycles. The summed E-state index contributed by atoms with van der Waals surface area (Å²) in [6, 6.07) is -0.350. The Hall–Kier alpha value is -2.12. The molecular formula is C12H19N5O3. The van der Waals surface area contributed by atoms with Gasteiger partial charge in [0.05, 0.1) is 5.41 Å². The molecule has 0 bridgehead atoms. The van der Waals surface area contributed by atoms with Gasteiger partial charge in [-0.2, -0.15) is 5.10 Å². The fourth-order valence-electron chi connectivity index (χ4n) is 2.48. The Balaban J connectivity index is 1.70. The number of hydrogen-bond donors (Lipinski definition) is 4. The van der Waals surface area contributed by atoms with E-state index in [1.807, 2.05) is 0 Å². The molecule has 1 heterocycles. The van der Waals surface area contributed by atoms with E-state index in [1.165, 1.54) is 6.33 Å². The zero-order chi connectivity index (χ0) is 14.4. The summed E-state index contributed by atoms with van der Waals surface area (Å²) in [4.78, 5) is 26.9. The largest absolute Gasteiger partial charge is 0.481 e. The Bertz CT molecular complexity index is 454. The zero-order valence-electron chi connectivity index (χ0n) is 11.2. The first-order valence-corrected chi connectivity index (χ1v) is 6.72. The van der Waals surface area contributed by atoms with Gasteiger partial charge in [0.15, 0.2) is 0 Å². The molecule has 8 nitrogen and oxygen atoms in total. The SMILES string of the molecule is O=C(NCCc1ncn[nH]1)NCC1(C(=O)O)CCCC1. The number of H-pyrrole nitrogens is 1. The van der Waals surface area contributed by atoms with E-state index < -0.39 is 11.4 Å². The van der Waals surface area contributed by atoms with Crippen molar-refractivity contribution < 1.29 is 14.7 Å². The van der Waals surface area contributed by atoms with E-state index >= 15 is 0 Å². The molecule has 2 rings (SSSR count). The first kappa shape index (κ1) is 14.3. The molecule has 110 valence electrons. The van der Waals surface area contributed by atoms with Crippen LogP contribution >= 0.6 is 0 Å². The molecule has 0 spiro atoms. The third-order valence-corrected chi connectivity index (χ3v) is 3.71. The number of nitrogens with one attached hydrogen (secondary N) is 3. The Morgan fingerprint density at radius 2 is 2.10 bits per heavy atom. The zero-order valence-corrected chi connectivity index (χ0v) is 11.2. The standard InChI is InChI=1S/C12H19N5O3/c18-10(19)12(4-1-2-5-12)7-14-11(20)13-6-3-9-15-8-16-17-9/h8H,1-7H2,(H,18,19)(H2,13,14,20)(H,15,16,17). The molecule has 0 radical (unpaired) electrons. The summed E-state index contributed by atoms with van der Waals surface area (Å²) in [7, 11) is 0. The quantitative estimate of drug-likeness (QED) is 0.597. The first-order chi connectivity index (χ1) is 9.62. The molecule has 1 aliphatic rings. The molecule has 20 heavy (non-hydrogen) atoms. The molecule has 8 heteroatoms. The Labute approximate surface area is 116 Å². The second-order valence-corrected chi connectivity index (χ2v) is 5.08. The van der Waals surface area contributed by atoms with Crippen molar-refractivity contribution in [3.05, 3.63) is 12.2 Å². The van der Waals surface area contributed by atoms with Crippen LogP contribution in [-0.2, 0) is 11.2 Å². The second kappa shape index (κ2) is 6.36. The molecule has 1 fully saturated rings. The Morgan fingerprint density at radius 1 is 1.35 bits per heavy atom. The highest BCUT2D eigenvalue weighted by atomic mass is 16.4. The van der Waals surface area contributed by atoms with Gasteiger partial charge in [0.2, 0.25) is 0 Å². The number of aromatic nitrogens is 3. The lowest BCUT2D eigenvalue weighted by atomic mass is 9.86. The minimum atomic E-state index is -0.822. The van der Waals surface area contributed by atoms with Crippen LogP contribution in [0.5, 0.6) is 0 Å². The maximum atomic E-state index is 11.6. The van der Waals surface area contributed by atoms with Gasteiger partial charge in [0, 0.05) is 19.5 Å². The van der Waals surface area contributed by atoms with Gasteiger partial charge < -0.3 is 15.7 Å². The van der Waals surface area contributed by atoms with Crippen LogP contribution in [0.2, 0.25) is 0 Å². The fourth-order valence-corrected chi connectivity index (χ4v) is 2.48. The molecular weight excluding hydrogens is 262 g/mol. The number of amides is 2. The summed E-state index contributed by atoms with van der Waals surface area (Å²) < 4.78 is 0. The third kappa shape index (κ3) is 3.46. The molecule has 0 atom stereocenters. The van der Waals surface area contributed by atoms with Gasteiger partial charge in [0.1, 0.15) is 12.2 Å². The summed E-state index contributed by atoms with van der Waals surface area (Å²) in [5.74, 6) is -0.125. The average Bonchev–Trinajstić information content (AvgIpc) is 3.08. The predicted octanol–water partition coefficient (Wildman–Crippen LogP) is 0.291. The Kier molecular flexibility index (Phi) is 4.54. The third-order valence-electron chi connectivity index (χ3n) is 3.71. The second-order valence-electron chi connectivity index (χ2n) is 5.08. The first-order valence-electron chi connectivity index (χ1n) is 6.72. The van der Waals surface area contributed by atoms with Crippen molar-refractivity contribution in [2.24, 2.45) is 5.41 Å². The van der Waals surface area contributed by atoms with Gasteiger partial charge in [-0.15, -0.1) is 0 Å². The van der Waals surface area contributed by atoms with Gasteiger partial charge in [-0.3, -0.25) is 9.89 Å². The molecule has 0 aliphatic heterocycles. The lowest BCUT2D eigenvalue weighted by Crippen LogP contribution is -2.45. The maximum Gasteiger partial charge on any atom is 0.314 e. The summed E-state index contributed by atoms with van der Waals surface area (Å²) >= 11 is 0. The van der Waals surface area contributed by atoms with Crippen LogP contribution in [0.25, 0.3) is 0 Å². The number of aromatic amines is 1. The van der Waals surface area contributed by atoms with E-state index in [0.717, 1.165) is 12.8 Å². The van der Waals surface area contributed by atoms with Crippen LogP contribution in [-0.4, -0.2) is 45.4 Å². The maximum absolute atomic E-state index is 11.6. The number of carbonyl (C=O) groups excluding carboxylic acids is 1. The van der Waals surface area contributed by atoms with Gasteiger partial charge in [-0.25, -0.2) is 9.78 Å². The lowest BCUT2D eigenvalue weighted by Gasteiger charge is -2.23. The highest BCUT2D eigenvalue weighted by Crippen LogP contribution is 2.37. The van der Waals surface area contributed by atoms with E-state index in [2.05, 4.69) is 25.8 Å². The van der Waals surface area contributed by atoms with Crippen LogP contribution in [0, 0.1) is 5.41 Å². The van der Waals surface area contributed by atoms with Crippen LogP contribution in [0.3, 0.4) is 0 Å². The van der Waals surface area contributed by atoms with Crippen molar-refractivity contribution in [2.45, 2.75) is 32.1 Å². The van der Waals surface area contributed by atoms with Crippen molar-refractivity contribution >= 4 is 12.0 Å². The number of nitrogens with zero attached hydrogens (tertiary/aromatic N) is 2.